The Hall–Kier alpha value is -3.29. The highest BCUT2D eigenvalue weighted by Crippen LogP contribution is 2.38. The third kappa shape index (κ3) is 3.13. The maximum atomic E-state index is 12.9. The molecule has 0 radical (unpaired) electrons. The largest absolute Gasteiger partial charge is 0.437 e. The van der Waals surface area contributed by atoms with Crippen molar-refractivity contribution in [2.75, 3.05) is 10.6 Å². The van der Waals surface area contributed by atoms with E-state index in [1.807, 2.05) is 24.3 Å². The van der Waals surface area contributed by atoms with Gasteiger partial charge in [0, 0.05) is 17.8 Å². The number of hydrogen-bond donors (Lipinski definition) is 2. The monoisotopic (exact) mass is 358 g/mol. The molecule has 3 aromatic rings. The summed E-state index contributed by atoms with van der Waals surface area (Å²) in [7, 11) is 0. The highest BCUT2D eigenvalue weighted by molar-refractivity contribution is 5.75. The van der Waals surface area contributed by atoms with E-state index < -0.39 is 11.7 Å². The van der Waals surface area contributed by atoms with E-state index in [0.29, 0.717) is 29.7 Å². The van der Waals surface area contributed by atoms with E-state index in [4.69, 9.17) is 4.74 Å². The summed E-state index contributed by atoms with van der Waals surface area (Å²) < 4.78 is 44.5. The van der Waals surface area contributed by atoms with E-state index in [-0.39, 0.29) is 5.69 Å². The van der Waals surface area contributed by atoms with Gasteiger partial charge < -0.3 is 15.4 Å². The molecule has 132 valence electrons. The highest BCUT2D eigenvalue weighted by Gasteiger charge is 2.30. The first-order chi connectivity index (χ1) is 12.5. The van der Waals surface area contributed by atoms with Crippen molar-refractivity contribution in [1.29, 1.82) is 0 Å². The van der Waals surface area contributed by atoms with Gasteiger partial charge in [-0.05, 0) is 24.3 Å². The zero-order chi connectivity index (χ0) is 18.1. The van der Waals surface area contributed by atoms with Gasteiger partial charge in [-0.25, -0.2) is 4.98 Å². The highest BCUT2D eigenvalue weighted by atomic mass is 19.4. The first-order valence-corrected chi connectivity index (χ1v) is 7.79. The van der Waals surface area contributed by atoms with Crippen molar-refractivity contribution >= 4 is 17.2 Å². The van der Waals surface area contributed by atoms with Gasteiger partial charge in [0.2, 0.25) is 5.88 Å². The van der Waals surface area contributed by atoms with Crippen LogP contribution < -0.4 is 15.4 Å². The number of ether oxygens (including phenoxy) is 1. The minimum Gasteiger partial charge on any atom is -0.437 e. The van der Waals surface area contributed by atoms with Gasteiger partial charge in [-0.3, -0.25) is 0 Å². The van der Waals surface area contributed by atoms with Gasteiger partial charge in [-0.15, -0.1) is 0 Å². The number of aromatic nitrogens is 2. The second-order valence-electron chi connectivity index (χ2n) is 5.67. The van der Waals surface area contributed by atoms with Crippen LogP contribution in [0.15, 0.2) is 54.9 Å². The molecule has 0 saturated heterocycles. The van der Waals surface area contributed by atoms with Gasteiger partial charge in [0.15, 0.2) is 5.82 Å². The number of anilines is 3. The molecule has 2 aromatic carbocycles. The fourth-order valence-electron chi connectivity index (χ4n) is 2.65. The molecule has 0 saturated carbocycles. The summed E-state index contributed by atoms with van der Waals surface area (Å²) in [4.78, 5) is 8.26. The second-order valence-corrected chi connectivity index (χ2v) is 5.67. The zero-order valence-corrected chi connectivity index (χ0v) is 13.3. The van der Waals surface area contributed by atoms with Gasteiger partial charge in [0.05, 0.1) is 5.56 Å². The Morgan fingerprint density at radius 3 is 2.73 bits per heavy atom. The predicted octanol–water partition coefficient (Wildman–Crippen LogP) is 4.96. The third-order valence-corrected chi connectivity index (χ3v) is 3.90. The van der Waals surface area contributed by atoms with Crippen LogP contribution in [0.4, 0.5) is 30.4 Å². The summed E-state index contributed by atoms with van der Waals surface area (Å²) in [6, 6.07) is 12.4. The van der Waals surface area contributed by atoms with E-state index in [2.05, 4.69) is 20.6 Å². The Morgan fingerprint density at radius 1 is 1.04 bits per heavy atom. The Morgan fingerprint density at radius 2 is 1.88 bits per heavy atom. The average molecular weight is 358 g/mol. The first-order valence-electron chi connectivity index (χ1n) is 7.79. The van der Waals surface area contributed by atoms with Crippen LogP contribution in [0.5, 0.6) is 11.6 Å². The number of alkyl halides is 3. The molecule has 0 unspecified atom stereocenters. The fourth-order valence-corrected chi connectivity index (χ4v) is 2.65. The van der Waals surface area contributed by atoms with Gasteiger partial charge in [-0.2, -0.15) is 18.2 Å². The predicted molar refractivity (Wildman–Crippen MR) is 90.6 cm³/mol. The summed E-state index contributed by atoms with van der Waals surface area (Å²) in [6.45, 7) is 0.480. The molecule has 8 heteroatoms. The number of fused-ring (bicyclic) bond motifs is 2. The van der Waals surface area contributed by atoms with Crippen molar-refractivity contribution in [1.82, 2.24) is 9.97 Å². The molecule has 1 aliphatic heterocycles. The van der Waals surface area contributed by atoms with Crippen LogP contribution in [0.1, 0.15) is 11.1 Å². The maximum Gasteiger partial charge on any atom is 0.416 e. The van der Waals surface area contributed by atoms with Gasteiger partial charge >= 0.3 is 6.18 Å². The van der Waals surface area contributed by atoms with E-state index in [0.717, 1.165) is 17.7 Å². The van der Waals surface area contributed by atoms with E-state index in [1.54, 1.807) is 0 Å². The van der Waals surface area contributed by atoms with E-state index in [1.165, 1.54) is 18.5 Å². The molecule has 2 heterocycles. The summed E-state index contributed by atoms with van der Waals surface area (Å²) in [5.41, 5.74) is 0.958. The van der Waals surface area contributed by atoms with Crippen molar-refractivity contribution in [3.8, 4) is 11.6 Å². The van der Waals surface area contributed by atoms with Gasteiger partial charge in [0.25, 0.3) is 0 Å². The minimum atomic E-state index is -4.41. The minimum absolute atomic E-state index is 0.268. The number of para-hydroxylation sites is 1. The Kier molecular flexibility index (Phi) is 3.87. The van der Waals surface area contributed by atoms with Crippen LogP contribution in [0.3, 0.4) is 0 Å². The molecule has 26 heavy (non-hydrogen) atoms. The number of nitrogens with one attached hydrogen (secondary N) is 2. The topological polar surface area (TPSA) is 59.1 Å². The Labute approximate surface area is 146 Å². The zero-order valence-electron chi connectivity index (χ0n) is 13.3. The molecule has 0 aliphatic carbocycles. The second kappa shape index (κ2) is 6.21. The molecule has 0 amide bonds. The number of benzene rings is 2. The van der Waals surface area contributed by atoms with Gasteiger partial charge in [-0.1, -0.05) is 24.3 Å². The molecule has 0 bridgehead atoms. The molecule has 2 N–H and O–H groups in total. The van der Waals surface area contributed by atoms with Gasteiger partial charge in [0.1, 0.15) is 17.8 Å². The van der Waals surface area contributed by atoms with Crippen molar-refractivity contribution in [3.63, 3.8) is 0 Å². The number of nitrogens with zero attached hydrogens (tertiary/aromatic N) is 2. The average Bonchev–Trinajstić information content (AvgIpc) is 2.81. The normalized spacial score (nSPS) is 12.9. The summed E-state index contributed by atoms with van der Waals surface area (Å²) >= 11 is 0. The first kappa shape index (κ1) is 16.2. The van der Waals surface area contributed by atoms with Crippen molar-refractivity contribution in [2.45, 2.75) is 12.7 Å². The smallest absolute Gasteiger partial charge is 0.416 e. The van der Waals surface area contributed by atoms with Crippen molar-refractivity contribution < 1.29 is 17.9 Å². The quantitative estimate of drug-likeness (QED) is 0.678. The molecule has 0 spiro atoms. The van der Waals surface area contributed by atoms with Crippen molar-refractivity contribution in [3.05, 3.63) is 66.0 Å². The lowest BCUT2D eigenvalue weighted by Gasteiger charge is -2.14. The molecular formula is C18H13F3N4O. The molecule has 4 rings (SSSR count). The number of rotatable bonds is 2. The van der Waals surface area contributed by atoms with Crippen LogP contribution in [0, 0.1) is 0 Å². The summed E-state index contributed by atoms with van der Waals surface area (Å²) in [6.07, 6.45) is -3.12. The Balaban J connectivity index is 1.67. The van der Waals surface area contributed by atoms with E-state index >= 15 is 0 Å². The van der Waals surface area contributed by atoms with E-state index in [9.17, 15) is 13.2 Å². The lowest BCUT2D eigenvalue weighted by Crippen LogP contribution is -2.07. The molecular weight excluding hydrogens is 345 g/mol. The molecule has 1 aliphatic rings. The molecule has 5 nitrogen and oxygen atoms in total. The lowest BCUT2D eigenvalue weighted by molar-refractivity contribution is -0.137. The third-order valence-electron chi connectivity index (χ3n) is 3.90. The van der Waals surface area contributed by atoms with Crippen LogP contribution in [-0.4, -0.2) is 9.97 Å². The van der Waals surface area contributed by atoms with Crippen LogP contribution in [0.2, 0.25) is 0 Å². The maximum absolute atomic E-state index is 12.9. The fraction of sp³-hybridized carbons (Fsp3) is 0.111. The lowest BCUT2D eigenvalue weighted by atomic mass is 10.2. The standard InChI is InChI=1S/C18H13F3N4O/c19-18(20,21)12-5-3-6-13(8-12)25-16-15-17(24-10-23-16)26-14-7-2-1-4-11(14)9-22-15/h1-8,10,22H,9H2,(H,23,24,25). The Bertz CT molecular complexity index is 959. The van der Waals surface area contributed by atoms with Crippen LogP contribution in [-0.2, 0) is 12.7 Å². The van der Waals surface area contributed by atoms with Crippen molar-refractivity contribution in [2.24, 2.45) is 0 Å². The van der Waals surface area contributed by atoms with Crippen LogP contribution in [0.25, 0.3) is 0 Å². The molecule has 0 fully saturated rings. The number of hydrogen-bond acceptors (Lipinski definition) is 5. The van der Waals surface area contributed by atoms with Crippen LogP contribution >= 0.6 is 0 Å². The molecule has 1 aromatic heterocycles. The summed E-state index contributed by atoms with van der Waals surface area (Å²) in [5, 5.41) is 6.09. The number of halogens is 3. The molecule has 0 atom stereocenters. The summed E-state index contributed by atoms with van der Waals surface area (Å²) in [5.74, 6) is 1.31. The SMILES string of the molecule is FC(F)(F)c1cccc(Nc2ncnc3c2NCc2ccccc2O3)c1.